The van der Waals surface area contributed by atoms with E-state index in [1.807, 2.05) is 43.0 Å². The quantitative estimate of drug-likeness (QED) is 0.781. The summed E-state index contributed by atoms with van der Waals surface area (Å²) >= 11 is 0. The molecule has 7 nitrogen and oxygen atoms in total. The molecule has 2 amide bonds. The van der Waals surface area contributed by atoms with E-state index >= 15 is 0 Å². The summed E-state index contributed by atoms with van der Waals surface area (Å²) in [7, 11) is 0. The Bertz CT molecular complexity index is 1040. The average Bonchev–Trinajstić information content (AvgIpc) is 2.80. The summed E-state index contributed by atoms with van der Waals surface area (Å²) in [4.78, 5) is 49.8. The van der Waals surface area contributed by atoms with E-state index in [9.17, 15) is 14.4 Å². The molecule has 7 heteroatoms. The lowest BCUT2D eigenvalue weighted by atomic mass is 9.99. The number of hydrogen-bond donors (Lipinski definition) is 1. The van der Waals surface area contributed by atoms with Gasteiger partial charge in [-0.3, -0.25) is 14.4 Å². The van der Waals surface area contributed by atoms with Gasteiger partial charge in [0.15, 0.2) is 0 Å². The highest BCUT2D eigenvalue weighted by Gasteiger charge is 2.32. The third kappa shape index (κ3) is 4.76. The molecule has 1 N–H and O–H groups in total. The van der Waals surface area contributed by atoms with Crippen molar-refractivity contribution < 1.29 is 9.59 Å². The summed E-state index contributed by atoms with van der Waals surface area (Å²) in [6.45, 7) is 5.61. The zero-order valence-corrected chi connectivity index (χ0v) is 19.0. The first-order valence-electron chi connectivity index (χ1n) is 11.7. The van der Waals surface area contributed by atoms with Crippen LogP contribution in [0.15, 0.2) is 29.1 Å². The van der Waals surface area contributed by atoms with E-state index in [0.717, 1.165) is 31.2 Å². The van der Waals surface area contributed by atoms with Crippen LogP contribution in [-0.2, 0) is 29.0 Å². The van der Waals surface area contributed by atoms with Gasteiger partial charge in [0.2, 0.25) is 11.8 Å². The fraction of sp³-hybridized carbons (Fsp3) is 0.520. The Morgan fingerprint density at radius 3 is 2.66 bits per heavy atom. The number of nitrogens with one attached hydrogen (secondary N) is 1. The van der Waals surface area contributed by atoms with Crippen LogP contribution in [0.3, 0.4) is 0 Å². The van der Waals surface area contributed by atoms with Crippen molar-refractivity contribution in [3.05, 3.63) is 62.8 Å². The normalized spacial score (nSPS) is 18.4. The van der Waals surface area contributed by atoms with Crippen molar-refractivity contribution in [2.24, 2.45) is 0 Å². The Labute approximate surface area is 188 Å². The van der Waals surface area contributed by atoms with Gasteiger partial charge in [-0.15, -0.1) is 0 Å². The van der Waals surface area contributed by atoms with Crippen molar-refractivity contribution in [2.75, 3.05) is 13.1 Å². The smallest absolute Gasteiger partial charge is 0.254 e. The minimum atomic E-state index is -0.235. The van der Waals surface area contributed by atoms with Crippen molar-refractivity contribution in [1.29, 1.82) is 0 Å². The van der Waals surface area contributed by atoms with Crippen LogP contribution < -0.4 is 5.56 Å². The summed E-state index contributed by atoms with van der Waals surface area (Å²) < 4.78 is 0. The first kappa shape index (κ1) is 22.2. The highest BCUT2D eigenvalue weighted by atomic mass is 16.2. The second-order valence-corrected chi connectivity index (χ2v) is 8.95. The molecule has 0 radical (unpaired) electrons. The van der Waals surface area contributed by atoms with Crippen molar-refractivity contribution >= 4 is 11.8 Å². The number of benzene rings is 1. The SMILES string of the molecule is CCCC(=O)N1CCc2c(nc(C3CCCCN3C(=O)Cc3ccc(C)cc3)[nH]c2=O)C1. The molecule has 32 heavy (non-hydrogen) atoms. The van der Waals surface area contributed by atoms with E-state index in [1.54, 1.807) is 4.90 Å². The summed E-state index contributed by atoms with van der Waals surface area (Å²) in [5.74, 6) is 0.712. The second-order valence-electron chi connectivity index (χ2n) is 8.95. The van der Waals surface area contributed by atoms with Crippen molar-refractivity contribution in [2.45, 2.75) is 71.4 Å². The van der Waals surface area contributed by atoms with Gasteiger partial charge < -0.3 is 14.8 Å². The molecule has 0 bridgehead atoms. The number of carbonyl (C=O) groups excluding carboxylic acids is 2. The van der Waals surface area contributed by atoms with E-state index in [2.05, 4.69) is 4.98 Å². The number of carbonyl (C=O) groups is 2. The minimum absolute atomic E-state index is 0.0543. The molecule has 0 spiro atoms. The third-order valence-corrected chi connectivity index (χ3v) is 6.52. The molecular formula is C25H32N4O3. The van der Waals surface area contributed by atoms with E-state index in [0.29, 0.717) is 56.0 Å². The van der Waals surface area contributed by atoms with Crippen molar-refractivity contribution in [3.8, 4) is 0 Å². The maximum absolute atomic E-state index is 13.2. The fourth-order valence-corrected chi connectivity index (χ4v) is 4.70. The lowest BCUT2D eigenvalue weighted by Gasteiger charge is -2.36. The summed E-state index contributed by atoms with van der Waals surface area (Å²) in [6, 6.07) is 7.79. The van der Waals surface area contributed by atoms with Crippen LogP contribution in [0, 0.1) is 6.92 Å². The highest BCUT2D eigenvalue weighted by Crippen LogP contribution is 2.30. The second kappa shape index (κ2) is 9.67. The lowest BCUT2D eigenvalue weighted by Crippen LogP contribution is -2.43. The number of nitrogens with zero attached hydrogens (tertiary/aromatic N) is 3. The number of H-pyrrole nitrogens is 1. The number of aromatic nitrogens is 2. The Kier molecular flexibility index (Phi) is 6.72. The Morgan fingerprint density at radius 1 is 1.12 bits per heavy atom. The van der Waals surface area contributed by atoms with Gasteiger partial charge in [-0.05, 0) is 44.6 Å². The first-order valence-corrected chi connectivity index (χ1v) is 11.7. The third-order valence-electron chi connectivity index (χ3n) is 6.52. The molecule has 0 saturated carbocycles. The molecule has 1 atom stereocenters. The molecule has 2 aliphatic heterocycles. The summed E-state index contributed by atoms with van der Waals surface area (Å²) in [5, 5.41) is 0. The lowest BCUT2D eigenvalue weighted by molar-refractivity contribution is -0.134. The van der Waals surface area contributed by atoms with Gasteiger partial charge in [0.1, 0.15) is 5.82 Å². The predicted octanol–water partition coefficient (Wildman–Crippen LogP) is 3.06. The molecule has 1 fully saturated rings. The van der Waals surface area contributed by atoms with Crippen molar-refractivity contribution in [1.82, 2.24) is 19.8 Å². The molecule has 1 aromatic heterocycles. The molecule has 2 aliphatic rings. The highest BCUT2D eigenvalue weighted by molar-refractivity contribution is 5.79. The van der Waals surface area contributed by atoms with Crippen LogP contribution >= 0.6 is 0 Å². The molecular weight excluding hydrogens is 404 g/mol. The van der Waals surface area contributed by atoms with E-state index in [4.69, 9.17) is 4.98 Å². The minimum Gasteiger partial charge on any atom is -0.336 e. The van der Waals surface area contributed by atoms with Gasteiger partial charge in [-0.1, -0.05) is 36.8 Å². The molecule has 1 saturated heterocycles. The fourth-order valence-electron chi connectivity index (χ4n) is 4.70. The molecule has 170 valence electrons. The summed E-state index contributed by atoms with van der Waals surface area (Å²) in [6.07, 6.45) is 4.89. The number of aryl methyl sites for hydroxylation is 1. The molecule has 4 rings (SSSR count). The van der Waals surface area contributed by atoms with Crippen LogP contribution in [0.1, 0.15) is 73.3 Å². The van der Waals surface area contributed by atoms with Gasteiger partial charge in [0, 0.05) is 25.1 Å². The zero-order valence-electron chi connectivity index (χ0n) is 19.0. The Hall–Kier alpha value is -2.96. The van der Waals surface area contributed by atoms with Gasteiger partial charge in [0.05, 0.1) is 24.7 Å². The van der Waals surface area contributed by atoms with Crippen LogP contribution in [-0.4, -0.2) is 44.7 Å². The number of aromatic amines is 1. The van der Waals surface area contributed by atoms with E-state index in [1.165, 1.54) is 5.56 Å². The number of piperidine rings is 1. The Morgan fingerprint density at radius 2 is 1.91 bits per heavy atom. The Balaban J connectivity index is 1.57. The van der Waals surface area contributed by atoms with E-state index < -0.39 is 0 Å². The number of rotatable bonds is 5. The van der Waals surface area contributed by atoms with Crippen LogP contribution in [0.5, 0.6) is 0 Å². The maximum Gasteiger partial charge on any atom is 0.254 e. The number of likely N-dealkylation sites (tertiary alicyclic amines) is 1. The topological polar surface area (TPSA) is 86.4 Å². The van der Waals surface area contributed by atoms with Crippen LogP contribution in [0.25, 0.3) is 0 Å². The van der Waals surface area contributed by atoms with Crippen LogP contribution in [0.2, 0.25) is 0 Å². The number of fused-ring (bicyclic) bond motifs is 1. The monoisotopic (exact) mass is 436 g/mol. The molecule has 3 heterocycles. The van der Waals surface area contributed by atoms with Crippen LogP contribution in [0.4, 0.5) is 0 Å². The average molecular weight is 437 g/mol. The van der Waals surface area contributed by atoms with Gasteiger partial charge >= 0.3 is 0 Å². The molecule has 1 unspecified atom stereocenters. The zero-order chi connectivity index (χ0) is 22.7. The van der Waals surface area contributed by atoms with Gasteiger partial charge in [-0.2, -0.15) is 0 Å². The number of hydrogen-bond acceptors (Lipinski definition) is 4. The first-order chi connectivity index (χ1) is 15.5. The van der Waals surface area contributed by atoms with E-state index in [-0.39, 0.29) is 23.4 Å². The van der Waals surface area contributed by atoms with Crippen molar-refractivity contribution in [3.63, 3.8) is 0 Å². The van der Waals surface area contributed by atoms with Gasteiger partial charge in [-0.25, -0.2) is 4.98 Å². The molecule has 0 aliphatic carbocycles. The molecule has 2 aromatic rings. The standard InChI is InChI=1S/C25H32N4O3/c1-3-6-22(30)28-14-12-19-20(16-28)26-24(27-25(19)32)21-7-4-5-13-29(21)23(31)15-18-10-8-17(2)9-11-18/h8-11,21H,3-7,12-16H2,1-2H3,(H,26,27,32). The number of amides is 2. The molecule has 1 aromatic carbocycles. The summed E-state index contributed by atoms with van der Waals surface area (Å²) in [5.41, 5.74) is 3.36. The maximum atomic E-state index is 13.2. The van der Waals surface area contributed by atoms with Gasteiger partial charge in [0.25, 0.3) is 5.56 Å². The largest absolute Gasteiger partial charge is 0.336 e. The predicted molar refractivity (Wildman–Crippen MR) is 122 cm³/mol.